The van der Waals surface area contributed by atoms with E-state index in [4.69, 9.17) is 9.47 Å². The van der Waals surface area contributed by atoms with Crippen molar-refractivity contribution in [3.05, 3.63) is 11.6 Å². The van der Waals surface area contributed by atoms with Crippen LogP contribution < -0.4 is 0 Å². The number of rotatable bonds is 5. The van der Waals surface area contributed by atoms with Crippen molar-refractivity contribution in [2.45, 2.75) is 46.8 Å². The Balaban J connectivity index is 4.85. The van der Waals surface area contributed by atoms with E-state index in [1.807, 2.05) is 0 Å². The van der Waals surface area contributed by atoms with Crippen molar-refractivity contribution in [3.8, 4) is 0 Å². The largest absolute Gasteiger partial charge is 0.460 e. The average Bonchev–Trinajstić information content (AvgIpc) is 2.10. The molecule has 0 aromatic heterocycles. The molecule has 0 aliphatic carbocycles. The van der Waals surface area contributed by atoms with Gasteiger partial charge in [0.1, 0.15) is 5.57 Å². The topological polar surface area (TPSA) is 69.7 Å². The molecule has 0 aliphatic rings. The third kappa shape index (κ3) is 6.50. The number of Topliss-reactive ketones (excluding diaryl/α,β-unsaturated/α-hetero) is 1. The fourth-order valence-electron chi connectivity index (χ4n) is 0.966. The van der Waals surface area contributed by atoms with Gasteiger partial charge in [0.2, 0.25) is 0 Å². The van der Waals surface area contributed by atoms with Gasteiger partial charge in [0.05, 0.1) is 12.2 Å². The van der Waals surface area contributed by atoms with Gasteiger partial charge in [0.25, 0.3) is 0 Å². The van der Waals surface area contributed by atoms with Crippen LogP contribution in [0.25, 0.3) is 0 Å². The first-order valence-electron chi connectivity index (χ1n) is 5.38. The maximum atomic E-state index is 11.5. The van der Waals surface area contributed by atoms with Crippen molar-refractivity contribution >= 4 is 17.7 Å². The second kappa shape index (κ2) is 6.83. The van der Waals surface area contributed by atoms with Crippen LogP contribution in [0.5, 0.6) is 0 Å². The Morgan fingerprint density at radius 2 is 1.41 bits per heavy atom. The zero-order valence-corrected chi connectivity index (χ0v) is 10.8. The van der Waals surface area contributed by atoms with Gasteiger partial charge in [-0.2, -0.15) is 0 Å². The van der Waals surface area contributed by atoms with Crippen molar-refractivity contribution in [1.29, 1.82) is 0 Å². The summed E-state index contributed by atoms with van der Waals surface area (Å²) >= 11 is 0. The molecule has 96 valence electrons. The Kier molecular flexibility index (Phi) is 6.17. The van der Waals surface area contributed by atoms with Crippen LogP contribution in [0, 0.1) is 0 Å². The summed E-state index contributed by atoms with van der Waals surface area (Å²) in [5, 5.41) is 0. The molecule has 0 amide bonds. The Morgan fingerprint density at radius 1 is 0.941 bits per heavy atom. The van der Waals surface area contributed by atoms with Crippen molar-refractivity contribution in [3.63, 3.8) is 0 Å². The molecule has 0 saturated heterocycles. The molecule has 0 saturated carbocycles. The van der Waals surface area contributed by atoms with E-state index in [1.54, 1.807) is 27.7 Å². The normalized spacial score (nSPS) is 11.6. The molecule has 0 bridgehead atoms. The van der Waals surface area contributed by atoms with Gasteiger partial charge in [-0.15, -0.1) is 0 Å². The van der Waals surface area contributed by atoms with Crippen LogP contribution in [0.15, 0.2) is 11.6 Å². The Hall–Kier alpha value is -1.65. The van der Waals surface area contributed by atoms with E-state index in [1.165, 1.54) is 6.92 Å². The number of carbonyl (C=O) groups is 3. The summed E-state index contributed by atoms with van der Waals surface area (Å²) in [6, 6.07) is 0. The Labute approximate surface area is 101 Å². The summed E-state index contributed by atoms with van der Waals surface area (Å²) in [5.41, 5.74) is -0.302. The number of esters is 2. The fourth-order valence-corrected chi connectivity index (χ4v) is 0.966. The zero-order valence-electron chi connectivity index (χ0n) is 10.8. The second-order valence-corrected chi connectivity index (χ2v) is 4.05. The monoisotopic (exact) mass is 242 g/mol. The van der Waals surface area contributed by atoms with E-state index in [-0.39, 0.29) is 17.8 Å². The van der Waals surface area contributed by atoms with Gasteiger partial charge in [-0.05, 0) is 34.6 Å². The van der Waals surface area contributed by atoms with Crippen LogP contribution in [0.1, 0.15) is 34.6 Å². The number of ketones is 1. The molecule has 0 fully saturated rings. The highest BCUT2D eigenvalue weighted by atomic mass is 16.5. The number of hydrogen-bond donors (Lipinski definition) is 0. The van der Waals surface area contributed by atoms with Crippen LogP contribution in [-0.4, -0.2) is 29.9 Å². The Bertz CT molecular complexity index is 339. The average molecular weight is 242 g/mol. The van der Waals surface area contributed by atoms with Gasteiger partial charge in [0.15, 0.2) is 5.78 Å². The van der Waals surface area contributed by atoms with Crippen LogP contribution in [0.3, 0.4) is 0 Å². The molecule has 0 N–H and O–H groups in total. The molecular formula is C12H18O5. The maximum Gasteiger partial charge on any atom is 0.342 e. The van der Waals surface area contributed by atoms with E-state index < -0.39 is 17.7 Å². The smallest absolute Gasteiger partial charge is 0.342 e. The molecule has 5 heteroatoms. The minimum Gasteiger partial charge on any atom is -0.460 e. The van der Waals surface area contributed by atoms with Gasteiger partial charge in [-0.3, -0.25) is 4.79 Å². The first-order valence-corrected chi connectivity index (χ1v) is 5.38. The highest BCUT2D eigenvalue weighted by Crippen LogP contribution is 2.04. The van der Waals surface area contributed by atoms with Crippen molar-refractivity contribution in [2.24, 2.45) is 0 Å². The number of ether oxygens (including phenoxy) is 2. The molecule has 0 spiro atoms. The van der Waals surface area contributed by atoms with Gasteiger partial charge < -0.3 is 9.47 Å². The molecule has 17 heavy (non-hydrogen) atoms. The summed E-state index contributed by atoms with van der Waals surface area (Å²) in [6.45, 7) is 7.84. The quantitative estimate of drug-likeness (QED) is 0.315. The summed E-state index contributed by atoms with van der Waals surface area (Å²) < 4.78 is 9.65. The lowest BCUT2D eigenvalue weighted by Gasteiger charge is -2.09. The van der Waals surface area contributed by atoms with Crippen LogP contribution >= 0.6 is 0 Å². The molecule has 0 unspecified atom stereocenters. The van der Waals surface area contributed by atoms with Gasteiger partial charge >= 0.3 is 11.9 Å². The molecule has 5 nitrogen and oxygen atoms in total. The standard InChI is InChI=1S/C12H18O5/c1-7(2)16-11(14)6-10(9(5)13)12(15)17-8(3)4/h6-8H,1-5H3/b10-6-. The third-order valence-corrected chi connectivity index (χ3v) is 1.56. The fraction of sp³-hybridized carbons (Fsp3) is 0.583. The van der Waals surface area contributed by atoms with Gasteiger partial charge in [-0.25, -0.2) is 9.59 Å². The second-order valence-electron chi connectivity index (χ2n) is 4.05. The maximum absolute atomic E-state index is 11.5. The lowest BCUT2D eigenvalue weighted by atomic mass is 10.2. The third-order valence-electron chi connectivity index (χ3n) is 1.56. The predicted octanol–water partition coefficient (Wildman–Crippen LogP) is 1.40. The molecule has 0 rings (SSSR count). The summed E-state index contributed by atoms with van der Waals surface area (Å²) in [5.74, 6) is -2.07. The van der Waals surface area contributed by atoms with Gasteiger partial charge in [-0.1, -0.05) is 0 Å². The minimum absolute atomic E-state index is 0.302. The first kappa shape index (κ1) is 15.3. The molecule has 0 heterocycles. The van der Waals surface area contributed by atoms with Crippen LogP contribution in [0.4, 0.5) is 0 Å². The van der Waals surface area contributed by atoms with E-state index >= 15 is 0 Å². The lowest BCUT2D eigenvalue weighted by molar-refractivity contribution is -0.146. The molecule has 0 aliphatic heterocycles. The van der Waals surface area contributed by atoms with Gasteiger partial charge in [0, 0.05) is 6.08 Å². The SMILES string of the molecule is CC(=O)/C(=C/C(=O)OC(C)C)C(=O)OC(C)C. The van der Waals surface area contributed by atoms with Crippen molar-refractivity contribution < 1.29 is 23.9 Å². The summed E-state index contributed by atoms with van der Waals surface area (Å²) in [4.78, 5) is 34.0. The summed E-state index contributed by atoms with van der Waals surface area (Å²) in [6.07, 6.45) is 0.201. The molecule has 0 aromatic carbocycles. The zero-order chi connectivity index (χ0) is 13.6. The van der Waals surface area contributed by atoms with Crippen LogP contribution in [0.2, 0.25) is 0 Å². The van der Waals surface area contributed by atoms with E-state index in [0.717, 1.165) is 6.08 Å². The Morgan fingerprint density at radius 3 is 1.76 bits per heavy atom. The number of carbonyl (C=O) groups excluding carboxylic acids is 3. The number of hydrogen-bond acceptors (Lipinski definition) is 5. The highest BCUT2D eigenvalue weighted by molar-refractivity contribution is 6.19. The van der Waals surface area contributed by atoms with Crippen molar-refractivity contribution in [1.82, 2.24) is 0 Å². The predicted molar refractivity (Wildman–Crippen MR) is 61.2 cm³/mol. The molecule has 0 radical (unpaired) electrons. The molecular weight excluding hydrogens is 224 g/mol. The lowest BCUT2D eigenvalue weighted by Crippen LogP contribution is -2.20. The minimum atomic E-state index is -0.812. The summed E-state index contributed by atoms with van der Waals surface area (Å²) in [7, 11) is 0. The van der Waals surface area contributed by atoms with E-state index in [0.29, 0.717) is 0 Å². The molecule has 0 atom stereocenters. The van der Waals surface area contributed by atoms with Crippen LogP contribution in [-0.2, 0) is 23.9 Å². The van der Waals surface area contributed by atoms with E-state index in [9.17, 15) is 14.4 Å². The first-order chi connectivity index (χ1) is 7.73. The molecule has 0 aromatic rings. The van der Waals surface area contributed by atoms with Crippen molar-refractivity contribution in [2.75, 3.05) is 0 Å². The van der Waals surface area contributed by atoms with E-state index in [2.05, 4.69) is 0 Å². The highest BCUT2D eigenvalue weighted by Gasteiger charge is 2.19.